The van der Waals surface area contributed by atoms with Crippen LogP contribution in [0.2, 0.25) is 5.02 Å². The molecule has 0 spiro atoms. The first-order chi connectivity index (χ1) is 8.75. The van der Waals surface area contributed by atoms with Gasteiger partial charge in [-0.15, -0.1) is 0 Å². The van der Waals surface area contributed by atoms with Gasteiger partial charge in [-0.3, -0.25) is 0 Å². The summed E-state index contributed by atoms with van der Waals surface area (Å²) in [5, 5.41) is 8.58. The van der Waals surface area contributed by atoms with Crippen molar-refractivity contribution in [2.75, 3.05) is 0 Å². The quantitative estimate of drug-likeness (QED) is 0.731. The monoisotopic (exact) mass is 276 g/mol. The third-order valence-electron chi connectivity index (χ3n) is 2.69. The van der Waals surface area contributed by atoms with Crippen LogP contribution in [0.4, 0.5) is 0 Å². The summed E-state index contributed by atoms with van der Waals surface area (Å²) in [6.45, 7) is 0.552. The van der Waals surface area contributed by atoms with Crippen LogP contribution in [0.5, 0.6) is 0 Å². The molecule has 0 aliphatic rings. The van der Waals surface area contributed by atoms with Gasteiger partial charge >= 0.3 is 0 Å². The summed E-state index contributed by atoms with van der Waals surface area (Å²) in [5.41, 5.74) is 2.67. The van der Waals surface area contributed by atoms with E-state index in [1.165, 1.54) is 0 Å². The van der Waals surface area contributed by atoms with Gasteiger partial charge in [-0.25, -0.2) is 0 Å². The number of halogens is 1. The molecule has 0 atom stereocenters. The molecule has 3 aromatic rings. The first kappa shape index (κ1) is 11.4. The lowest BCUT2D eigenvalue weighted by atomic mass is 10.3. The number of hydrogen-bond acceptors (Lipinski definition) is 3. The van der Waals surface area contributed by atoms with E-state index in [4.69, 9.17) is 23.8 Å². The average molecular weight is 277 g/mol. The van der Waals surface area contributed by atoms with Gasteiger partial charge in [-0.1, -0.05) is 17.7 Å². The van der Waals surface area contributed by atoms with E-state index in [0.29, 0.717) is 16.3 Å². The topological polar surface area (TPSA) is 46.5 Å². The van der Waals surface area contributed by atoms with E-state index < -0.39 is 0 Å². The molecule has 2 heterocycles. The van der Waals surface area contributed by atoms with E-state index in [-0.39, 0.29) is 0 Å². The smallest absolute Gasteiger partial charge is 0.178 e. The molecule has 0 fully saturated rings. The molecule has 4 nitrogen and oxygen atoms in total. The van der Waals surface area contributed by atoms with Crippen LogP contribution in [0.3, 0.4) is 0 Å². The zero-order valence-electron chi connectivity index (χ0n) is 9.30. The Morgan fingerprint density at radius 2 is 2.17 bits per heavy atom. The molecular weight excluding hydrogens is 268 g/mol. The maximum atomic E-state index is 6.22. The summed E-state index contributed by atoms with van der Waals surface area (Å²) < 4.78 is 2.56. The van der Waals surface area contributed by atoms with Crippen LogP contribution in [0.15, 0.2) is 36.5 Å². The fourth-order valence-electron chi connectivity index (χ4n) is 1.91. The predicted octanol–water partition coefficient (Wildman–Crippen LogP) is 3.19. The largest absolute Gasteiger partial charge is 0.331 e. The molecule has 90 valence electrons. The second-order valence-corrected chi connectivity index (χ2v) is 4.66. The fourth-order valence-corrected chi connectivity index (χ4v) is 2.45. The average Bonchev–Trinajstić information content (AvgIpc) is 2.69. The van der Waals surface area contributed by atoms with E-state index in [0.717, 1.165) is 16.7 Å². The summed E-state index contributed by atoms with van der Waals surface area (Å²) in [4.78, 5) is 3.13. The SMILES string of the molecule is S=c1[nH]c2cccc(Cl)c2n1Cc1cccnn1. The first-order valence-electron chi connectivity index (χ1n) is 5.39. The van der Waals surface area contributed by atoms with Crippen LogP contribution in [0.1, 0.15) is 5.69 Å². The summed E-state index contributed by atoms with van der Waals surface area (Å²) in [6.07, 6.45) is 1.64. The summed E-state index contributed by atoms with van der Waals surface area (Å²) in [6, 6.07) is 9.44. The van der Waals surface area contributed by atoms with Crippen LogP contribution in [0, 0.1) is 4.77 Å². The summed E-state index contributed by atoms with van der Waals surface area (Å²) >= 11 is 11.5. The van der Waals surface area contributed by atoms with E-state index in [1.54, 1.807) is 6.20 Å². The molecule has 3 rings (SSSR count). The first-order valence-corrected chi connectivity index (χ1v) is 6.18. The minimum atomic E-state index is 0.552. The number of nitrogens with one attached hydrogen (secondary N) is 1. The van der Waals surface area contributed by atoms with Gasteiger partial charge in [0, 0.05) is 6.20 Å². The third kappa shape index (κ3) is 1.91. The molecule has 0 unspecified atom stereocenters. The van der Waals surface area contributed by atoms with Gasteiger partial charge in [0.25, 0.3) is 0 Å². The Balaban J connectivity index is 2.17. The molecule has 0 bridgehead atoms. The number of aromatic nitrogens is 4. The van der Waals surface area contributed by atoms with Crippen molar-refractivity contribution >= 4 is 34.9 Å². The van der Waals surface area contributed by atoms with Gasteiger partial charge in [0.1, 0.15) is 0 Å². The Kier molecular flexibility index (Phi) is 2.85. The van der Waals surface area contributed by atoms with Gasteiger partial charge < -0.3 is 9.55 Å². The number of para-hydroxylation sites is 1. The minimum Gasteiger partial charge on any atom is -0.331 e. The van der Waals surface area contributed by atoms with Crippen molar-refractivity contribution in [3.05, 3.63) is 52.0 Å². The van der Waals surface area contributed by atoms with Crippen molar-refractivity contribution in [1.29, 1.82) is 0 Å². The highest BCUT2D eigenvalue weighted by molar-refractivity contribution is 7.71. The standard InChI is InChI=1S/C12H9ClN4S/c13-9-4-1-5-10-11(9)17(12(18)15-10)7-8-3-2-6-14-16-8/h1-6H,7H2,(H,15,18). The zero-order valence-corrected chi connectivity index (χ0v) is 10.9. The van der Waals surface area contributed by atoms with Crippen molar-refractivity contribution in [2.24, 2.45) is 0 Å². The van der Waals surface area contributed by atoms with Crippen LogP contribution < -0.4 is 0 Å². The number of imidazole rings is 1. The van der Waals surface area contributed by atoms with Gasteiger partial charge in [-0.05, 0) is 36.5 Å². The highest BCUT2D eigenvalue weighted by Crippen LogP contribution is 2.23. The van der Waals surface area contributed by atoms with Gasteiger partial charge in [0.05, 0.1) is 28.3 Å². The van der Waals surface area contributed by atoms with Crippen LogP contribution in [0.25, 0.3) is 11.0 Å². The fraction of sp³-hybridized carbons (Fsp3) is 0.0833. The Morgan fingerprint density at radius 1 is 1.28 bits per heavy atom. The Labute approximate surface area is 113 Å². The van der Waals surface area contributed by atoms with Crippen LogP contribution in [-0.4, -0.2) is 19.7 Å². The van der Waals surface area contributed by atoms with Gasteiger partial charge in [0.2, 0.25) is 0 Å². The molecule has 1 N–H and O–H groups in total. The van der Waals surface area contributed by atoms with Crippen molar-refractivity contribution in [3.63, 3.8) is 0 Å². The molecule has 2 aromatic heterocycles. The minimum absolute atomic E-state index is 0.552. The molecule has 0 aliphatic carbocycles. The van der Waals surface area contributed by atoms with Crippen LogP contribution >= 0.6 is 23.8 Å². The van der Waals surface area contributed by atoms with Crippen molar-refractivity contribution in [1.82, 2.24) is 19.7 Å². The van der Waals surface area contributed by atoms with E-state index in [2.05, 4.69) is 15.2 Å². The van der Waals surface area contributed by atoms with Crippen molar-refractivity contribution in [2.45, 2.75) is 6.54 Å². The maximum absolute atomic E-state index is 6.22. The van der Waals surface area contributed by atoms with Crippen molar-refractivity contribution < 1.29 is 0 Å². The summed E-state index contributed by atoms with van der Waals surface area (Å²) in [7, 11) is 0. The third-order valence-corrected chi connectivity index (χ3v) is 3.32. The Hall–Kier alpha value is -1.72. The molecule has 0 saturated carbocycles. The molecule has 1 aromatic carbocycles. The number of aromatic amines is 1. The lowest BCUT2D eigenvalue weighted by molar-refractivity contribution is 0.762. The van der Waals surface area contributed by atoms with E-state index in [1.807, 2.05) is 34.9 Å². The second-order valence-electron chi connectivity index (χ2n) is 3.87. The Bertz CT molecular complexity index is 748. The second kappa shape index (κ2) is 4.51. The lowest BCUT2D eigenvalue weighted by Gasteiger charge is -2.04. The molecule has 0 amide bonds. The van der Waals surface area contributed by atoms with Gasteiger partial charge in [0.15, 0.2) is 4.77 Å². The van der Waals surface area contributed by atoms with Crippen LogP contribution in [-0.2, 0) is 6.54 Å². The highest BCUT2D eigenvalue weighted by atomic mass is 35.5. The molecule has 0 radical (unpaired) electrons. The summed E-state index contributed by atoms with van der Waals surface area (Å²) in [5.74, 6) is 0. The number of nitrogens with zero attached hydrogens (tertiary/aromatic N) is 3. The number of rotatable bonds is 2. The molecular formula is C12H9ClN4S. The highest BCUT2D eigenvalue weighted by Gasteiger charge is 2.08. The normalized spacial score (nSPS) is 10.9. The number of hydrogen-bond donors (Lipinski definition) is 1. The van der Waals surface area contributed by atoms with E-state index >= 15 is 0 Å². The number of benzene rings is 1. The predicted molar refractivity (Wildman–Crippen MR) is 73.3 cm³/mol. The number of fused-ring (bicyclic) bond motifs is 1. The van der Waals surface area contributed by atoms with Gasteiger partial charge in [-0.2, -0.15) is 10.2 Å². The molecule has 0 saturated heterocycles. The lowest BCUT2D eigenvalue weighted by Crippen LogP contribution is -2.02. The van der Waals surface area contributed by atoms with E-state index in [9.17, 15) is 0 Å². The Morgan fingerprint density at radius 3 is 2.94 bits per heavy atom. The maximum Gasteiger partial charge on any atom is 0.178 e. The molecule has 18 heavy (non-hydrogen) atoms. The zero-order chi connectivity index (χ0) is 12.5. The number of H-pyrrole nitrogens is 1. The van der Waals surface area contributed by atoms with Crippen molar-refractivity contribution in [3.8, 4) is 0 Å². The molecule has 0 aliphatic heterocycles. The molecule has 6 heteroatoms.